The van der Waals surface area contributed by atoms with Crippen molar-refractivity contribution in [2.45, 2.75) is 13.0 Å². The van der Waals surface area contributed by atoms with E-state index >= 15 is 0 Å². The Labute approximate surface area is 115 Å². The molecule has 1 aromatic heterocycles. The summed E-state index contributed by atoms with van der Waals surface area (Å²) in [6.45, 7) is 2.69. The summed E-state index contributed by atoms with van der Waals surface area (Å²) < 4.78 is 0. The van der Waals surface area contributed by atoms with Crippen molar-refractivity contribution in [1.82, 2.24) is 10.2 Å². The Morgan fingerprint density at radius 1 is 1.58 bits per heavy atom. The van der Waals surface area contributed by atoms with Crippen molar-refractivity contribution in [1.29, 1.82) is 0 Å². The fourth-order valence-electron chi connectivity index (χ4n) is 2.00. The lowest BCUT2D eigenvalue weighted by Crippen LogP contribution is -2.32. The number of amides is 1. The third kappa shape index (κ3) is 4.18. The summed E-state index contributed by atoms with van der Waals surface area (Å²) in [7, 11) is 0. The van der Waals surface area contributed by atoms with E-state index in [1.165, 1.54) is 0 Å². The fourth-order valence-corrected chi connectivity index (χ4v) is 2.90. The first-order valence-corrected chi connectivity index (χ1v) is 6.99. The van der Waals surface area contributed by atoms with Crippen molar-refractivity contribution in [3.63, 3.8) is 0 Å². The van der Waals surface area contributed by atoms with Crippen molar-refractivity contribution in [2.24, 2.45) is 0 Å². The topological polar surface area (TPSA) is 69.6 Å². The Kier molecular flexibility index (Phi) is 4.70. The number of carbonyl (C=O) groups is 2. The van der Waals surface area contributed by atoms with Gasteiger partial charge < -0.3 is 10.4 Å². The first kappa shape index (κ1) is 13.8. The highest BCUT2D eigenvalue weighted by Crippen LogP contribution is 2.20. The molecule has 0 unspecified atom stereocenters. The lowest BCUT2D eigenvalue weighted by molar-refractivity contribution is -0.131. The highest BCUT2D eigenvalue weighted by molar-refractivity contribution is 7.10. The average molecular weight is 280 g/mol. The van der Waals surface area contributed by atoms with Gasteiger partial charge in [-0.2, -0.15) is 0 Å². The highest BCUT2D eigenvalue weighted by atomic mass is 32.1. The van der Waals surface area contributed by atoms with Crippen LogP contribution in [-0.4, -0.2) is 41.5 Å². The standard InChI is InChI=1S/C13H16N2O3S/c16-12-9-15(6-1-5-14-12)8-11-10(4-7-19-11)2-3-13(17)18/h2-4,7H,1,5-6,8-9H2,(H,14,16)(H,17,18). The number of hydrogen-bond donors (Lipinski definition) is 2. The number of rotatable bonds is 4. The summed E-state index contributed by atoms with van der Waals surface area (Å²) in [5.74, 6) is -0.900. The molecule has 1 aromatic rings. The molecule has 0 spiro atoms. The molecule has 1 saturated heterocycles. The number of nitrogens with zero attached hydrogens (tertiary/aromatic N) is 1. The second kappa shape index (κ2) is 6.49. The van der Waals surface area contributed by atoms with Crippen molar-refractivity contribution in [3.8, 4) is 0 Å². The van der Waals surface area contributed by atoms with E-state index < -0.39 is 5.97 Å². The summed E-state index contributed by atoms with van der Waals surface area (Å²) in [4.78, 5) is 25.2. The highest BCUT2D eigenvalue weighted by Gasteiger charge is 2.16. The summed E-state index contributed by atoms with van der Waals surface area (Å²) in [5, 5.41) is 13.4. The summed E-state index contributed by atoms with van der Waals surface area (Å²) in [5.41, 5.74) is 0.914. The van der Waals surface area contributed by atoms with E-state index in [0.717, 1.165) is 36.0 Å². The molecule has 0 atom stereocenters. The number of carbonyl (C=O) groups excluding carboxylic acids is 1. The van der Waals surface area contributed by atoms with Gasteiger partial charge in [0, 0.05) is 30.6 Å². The van der Waals surface area contributed by atoms with Gasteiger partial charge in [0.05, 0.1) is 6.54 Å². The third-order valence-electron chi connectivity index (χ3n) is 2.89. The molecule has 1 aliphatic heterocycles. The Morgan fingerprint density at radius 2 is 2.42 bits per heavy atom. The van der Waals surface area contributed by atoms with Crippen molar-refractivity contribution >= 4 is 29.3 Å². The minimum absolute atomic E-state index is 0.0525. The molecule has 0 aromatic carbocycles. The minimum Gasteiger partial charge on any atom is -0.478 e. The molecular formula is C13H16N2O3S. The number of thiophene rings is 1. The molecule has 19 heavy (non-hydrogen) atoms. The molecule has 1 fully saturated rings. The molecule has 6 heteroatoms. The van der Waals surface area contributed by atoms with Gasteiger partial charge in [-0.15, -0.1) is 11.3 Å². The quantitative estimate of drug-likeness (QED) is 0.812. The summed E-state index contributed by atoms with van der Waals surface area (Å²) in [6.07, 6.45) is 3.68. The van der Waals surface area contributed by atoms with Crippen LogP contribution in [0, 0.1) is 0 Å². The molecule has 0 radical (unpaired) electrons. The van der Waals surface area contributed by atoms with Crippen LogP contribution in [0.25, 0.3) is 6.08 Å². The van der Waals surface area contributed by atoms with Crippen LogP contribution in [0.15, 0.2) is 17.5 Å². The fraction of sp³-hybridized carbons (Fsp3) is 0.385. The van der Waals surface area contributed by atoms with Gasteiger partial charge in [-0.1, -0.05) is 0 Å². The predicted molar refractivity (Wildman–Crippen MR) is 73.9 cm³/mol. The molecule has 2 rings (SSSR count). The number of hydrogen-bond acceptors (Lipinski definition) is 4. The van der Waals surface area contributed by atoms with Gasteiger partial charge >= 0.3 is 5.97 Å². The van der Waals surface area contributed by atoms with Crippen LogP contribution in [-0.2, 0) is 16.1 Å². The van der Waals surface area contributed by atoms with Gasteiger partial charge in [0.15, 0.2) is 0 Å². The maximum Gasteiger partial charge on any atom is 0.328 e. The molecule has 2 N–H and O–H groups in total. The van der Waals surface area contributed by atoms with Crippen LogP contribution in [0.2, 0.25) is 0 Å². The van der Waals surface area contributed by atoms with Gasteiger partial charge in [-0.05, 0) is 29.5 Å². The monoisotopic (exact) mass is 280 g/mol. The van der Waals surface area contributed by atoms with E-state index in [-0.39, 0.29) is 5.91 Å². The Bertz CT molecular complexity index is 496. The molecule has 1 aliphatic rings. The van der Waals surface area contributed by atoms with Gasteiger partial charge in [0.1, 0.15) is 0 Å². The van der Waals surface area contributed by atoms with Crippen LogP contribution in [0.3, 0.4) is 0 Å². The maximum absolute atomic E-state index is 11.5. The van der Waals surface area contributed by atoms with Crippen molar-refractivity contribution in [2.75, 3.05) is 19.6 Å². The number of nitrogens with one attached hydrogen (secondary N) is 1. The Balaban J connectivity index is 2.04. The maximum atomic E-state index is 11.5. The van der Waals surface area contributed by atoms with Crippen molar-refractivity contribution < 1.29 is 14.7 Å². The first-order valence-electron chi connectivity index (χ1n) is 6.11. The number of aliphatic carboxylic acids is 1. The molecule has 0 saturated carbocycles. The van der Waals surface area contributed by atoms with Gasteiger partial charge in [0.25, 0.3) is 0 Å². The van der Waals surface area contributed by atoms with Gasteiger partial charge in [-0.3, -0.25) is 9.69 Å². The lowest BCUT2D eigenvalue weighted by atomic mass is 10.2. The number of carboxylic acids is 1. The molecule has 0 aliphatic carbocycles. The molecular weight excluding hydrogens is 264 g/mol. The lowest BCUT2D eigenvalue weighted by Gasteiger charge is -2.17. The summed E-state index contributed by atoms with van der Waals surface area (Å²) >= 11 is 1.59. The zero-order valence-corrected chi connectivity index (χ0v) is 11.3. The largest absolute Gasteiger partial charge is 0.478 e. The van der Waals surface area contributed by atoms with E-state index in [1.54, 1.807) is 17.4 Å². The minimum atomic E-state index is -0.952. The van der Waals surface area contributed by atoms with Crippen LogP contribution < -0.4 is 5.32 Å². The van der Waals surface area contributed by atoms with E-state index in [2.05, 4.69) is 10.2 Å². The van der Waals surface area contributed by atoms with Crippen LogP contribution in [0.4, 0.5) is 0 Å². The third-order valence-corrected chi connectivity index (χ3v) is 3.81. The predicted octanol–water partition coefficient (Wildman–Crippen LogP) is 1.17. The molecule has 102 valence electrons. The smallest absolute Gasteiger partial charge is 0.328 e. The second-order valence-electron chi connectivity index (χ2n) is 4.38. The number of carboxylic acid groups (broad SMARTS) is 1. The second-order valence-corrected chi connectivity index (χ2v) is 5.39. The molecule has 5 nitrogen and oxygen atoms in total. The molecule has 1 amide bonds. The molecule has 2 heterocycles. The Morgan fingerprint density at radius 3 is 3.21 bits per heavy atom. The van der Waals surface area contributed by atoms with E-state index in [9.17, 15) is 9.59 Å². The van der Waals surface area contributed by atoms with Gasteiger partial charge in [0.2, 0.25) is 5.91 Å². The zero-order valence-electron chi connectivity index (χ0n) is 10.5. The first-order chi connectivity index (χ1) is 9.15. The average Bonchev–Trinajstić information content (AvgIpc) is 2.68. The SMILES string of the molecule is O=C(O)C=Cc1ccsc1CN1CCCNC(=O)C1. The normalized spacial score (nSPS) is 17.4. The molecule has 0 bridgehead atoms. The van der Waals surface area contributed by atoms with Crippen LogP contribution >= 0.6 is 11.3 Å². The van der Waals surface area contributed by atoms with E-state index in [4.69, 9.17) is 5.11 Å². The van der Waals surface area contributed by atoms with E-state index in [0.29, 0.717) is 13.1 Å². The summed E-state index contributed by atoms with van der Waals surface area (Å²) in [6, 6.07) is 1.90. The van der Waals surface area contributed by atoms with Crippen LogP contribution in [0.5, 0.6) is 0 Å². The van der Waals surface area contributed by atoms with Gasteiger partial charge in [-0.25, -0.2) is 4.79 Å². The zero-order chi connectivity index (χ0) is 13.7. The Hall–Kier alpha value is -1.66. The van der Waals surface area contributed by atoms with Crippen LogP contribution in [0.1, 0.15) is 16.9 Å². The van der Waals surface area contributed by atoms with Crippen molar-refractivity contribution in [3.05, 3.63) is 28.0 Å². The van der Waals surface area contributed by atoms with E-state index in [1.807, 2.05) is 11.4 Å².